The fourth-order valence-electron chi connectivity index (χ4n) is 5.65. The van der Waals surface area contributed by atoms with Gasteiger partial charge >= 0.3 is 17.9 Å². The maximum absolute atomic E-state index is 12.6. The molecule has 6 nitrogen and oxygen atoms in total. The molecule has 0 spiro atoms. The van der Waals surface area contributed by atoms with Crippen LogP contribution in [0.25, 0.3) is 0 Å². The Morgan fingerprint density at radius 3 is 1.15 bits per heavy atom. The van der Waals surface area contributed by atoms with Crippen LogP contribution in [0, 0.1) is 0 Å². The molecule has 1 atom stereocenters. The van der Waals surface area contributed by atoms with Crippen molar-refractivity contribution in [2.75, 3.05) is 13.2 Å². The second-order valence-electron chi connectivity index (χ2n) is 14.0. The number of carbonyl (C=O) groups is 3. The molecule has 0 aromatic rings. The van der Waals surface area contributed by atoms with Crippen LogP contribution in [0.1, 0.15) is 188 Å². The van der Waals surface area contributed by atoms with Crippen molar-refractivity contribution in [3.8, 4) is 0 Å². The van der Waals surface area contributed by atoms with Crippen LogP contribution in [0.3, 0.4) is 0 Å². The van der Waals surface area contributed by atoms with E-state index < -0.39 is 6.10 Å². The van der Waals surface area contributed by atoms with Gasteiger partial charge in [0, 0.05) is 19.3 Å². The molecule has 302 valence electrons. The summed E-state index contributed by atoms with van der Waals surface area (Å²) in [7, 11) is 0. The molecule has 0 aliphatic rings. The van der Waals surface area contributed by atoms with Crippen molar-refractivity contribution in [3.05, 3.63) is 72.9 Å². The molecule has 0 N–H and O–H groups in total. The highest BCUT2D eigenvalue weighted by atomic mass is 16.6. The van der Waals surface area contributed by atoms with Gasteiger partial charge in [-0.25, -0.2) is 0 Å². The van der Waals surface area contributed by atoms with Gasteiger partial charge in [-0.15, -0.1) is 0 Å². The molecule has 0 aliphatic carbocycles. The van der Waals surface area contributed by atoms with Gasteiger partial charge in [-0.1, -0.05) is 203 Å². The zero-order valence-electron chi connectivity index (χ0n) is 34.3. The Balaban J connectivity index is 4.44. The Kier molecular flexibility index (Phi) is 39.1. The summed E-state index contributed by atoms with van der Waals surface area (Å²) in [5.41, 5.74) is 0. The Morgan fingerprint density at radius 1 is 0.396 bits per heavy atom. The molecule has 53 heavy (non-hydrogen) atoms. The molecule has 0 saturated carbocycles. The van der Waals surface area contributed by atoms with E-state index in [0.717, 1.165) is 70.6 Å². The largest absolute Gasteiger partial charge is 0.462 e. The summed E-state index contributed by atoms with van der Waals surface area (Å²) >= 11 is 0. The average Bonchev–Trinajstić information content (AvgIpc) is 3.15. The number of rotatable bonds is 37. The number of esters is 3. The topological polar surface area (TPSA) is 78.9 Å². The highest BCUT2D eigenvalue weighted by Gasteiger charge is 2.19. The fraction of sp³-hybridized carbons (Fsp3) is 0.681. The van der Waals surface area contributed by atoms with E-state index >= 15 is 0 Å². The van der Waals surface area contributed by atoms with E-state index in [1.807, 2.05) is 60.8 Å². The van der Waals surface area contributed by atoms with Crippen molar-refractivity contribution in [2.45, 2.75) is 194 Å². The standard InChI is InChI=1S/C47H78O6/c1-4-7-10-13-16-19-20-21-22-23-24-25-26-29-31-34-37-40-46(49)52-43-44(53-47(50)41-38-35-32-28-18-15-12-9-6-3)42-51-45(48)39-36-33-30-27-17-14-11-8-5-2/h7,10,13,16,19-26,44H,4-6,8-9,11-12,14-15,17-18,27-43H2,1-3H3/b10-7-,16-13-,20-19-,22-21-,24-23+,26-25-. The zero-order chi connectivity index (χ0) is 38.7. The van der Waals surface area contributed by atoms with Gasteiger partial charge in [0.1, 0.15) is 13.2 Å². The van der Waals surface area contributed by atoms with Crippen LogP contribution >= 0.6 is 0 Å². The minimum atomic E-state index is -0.786. The molecule has 0 radical (unpaired) electrons. The smallest absolute Gasteiger partial charge is 0.306 e. The van der Waals surface area contributed by atoms with Crippen LogP contribution in [0.5, 0.6) is 0 Å². The third kappa shape index (κ3) is 39.9. The first kappa shape index (κ1) is 49.9. The summed E-state index contributed by atoms with van der Waals surface area (Å²) < 4.78 is 16.6. The lowest BCUT2D eigenvalue weighted by Gasteiger charge is -2.18. The van der Waals surface area contributed by atoms with Gasteiger partial charge in [-0.3, -0.25) is 14.4 Å². The lowest BCUT2D eigenvalue weighted by Crippen LogP contribution is -2.30. The van der Waals surface area contributed by atoms with Gasteiger partial charge in [-0.2, -0.15) is 0 Å². The monoisotopic (exact) mass is 739 g/mol. The summed E-state index contributed by atoms with van der Waals surface area (Å²) in [6, 6.07) is 0. The van der Waals surface area contributed by atoms with Crippen LogP contribution in [0.4, 0.5) is 0 Å². The van der Waals surface area contributed by atoms with E-state index in [4.69, 9.17) is 14.2 Å². The molecule has 6 heteroatoms. The number of ether oxygens (including phenoxy) is 3. The van der Waals surface area contributed by atoms with Crippen molar-refractivity contribution in [1.82, 2.24) is 0 Å². The first-order chi connectivity index (χ1) is 26.0. The number of allylic oxidation sites excluding steroid dienone is 12. The number of carbonyl (C=O) groups excluding carboxylic acids is 3. The first-order valence-corrected chi connectivity index (χ1v) is 21.5. The van der Waals surface area contributed by atoms with E-state index in [9.17, 15) is 14.4 Å². The second-order valence-corrected chi connectivity index (χ2v) is 14.0. The summed E-state index contributed by atoms with van der Waals surface area (Å²) in [6.07, 6.45) is 50.3. The van der Waals surface area contributed by atoms with Gasteiger partial charge in [0.05, 0.1) is 0 Å². The number of hydrogen-bond donors (Lipinski definition) is 0. The van der Waals surface area contributed by atoms with Gasteiger partial charge in [0.25, 0.3) is 0 Å². The van der Waals surface area contributed by atoms with Crippen LogP contribution < -0.4 is 0 Å². The summed E-state index contributed by atoms with van der Waals surface area (Å²) in [6.45, 7) is 6.39. The minimum Gasteiger partial charge on any atom is -0.462 e. The molecule has 0 aromatic carbocycles. The molecule has 0 aliphatic heterocycles. The van der Waals surface area contributed by atoms with Crippen molar-refractivity contribution in [3.63, 3.8) is 0 Å². The molecule has 1 unspecified atom stereocenters. The Morgan fingerprint density at radius 2 is 0.736 bits per heavy atom. The van der Waals surface area contributed by atoms with E-state index in [1.165, 1.54) is 77.0 Å². The summed E-state index contributed by atoms with van der Waals surface area (Å²) in [5.74, 6) is -0.946. The molecule has 0 saturated heterocycles. The van der Waals surface area contributed by atoms with Crippen molar-refractivity contribution >= 4 is 17.9 Å². The Bertz CT molecular complexity index is 1030. The van der Waals surface area contributed by atoms with Crippen LogP contribution in [0.15, 0.2) is 72.9 Å². The number of unbranched alkanes of at least 4 members (excludes halogenated alkanes) is 19. The predicted octanol–water partition coefficient (Wildman–Crippen LogP) is 13.5. The second kappa shape index (κ2) is 41.6. The average molecular weight is 739 g/mol. The van der Waals surface area contributed by atoms with Gasteiger partial charge in [0.15, 0.2) is 6.10 Å². The van der Waals surface area contributed by atoms with Gasteiger partial charge in [0.2, 0.25) is 0 Å². The third-order valence-corrected chi connectivity index (χ3v) is 8.89. The molecule has 0 amide bonds. The molecule has 0 rings (SSSR count). The van der Waals surface area contributed by atoms with Gasteiger partial charge in [-0.05, 0) is 38.5 Å². The van der Waals surface area contributed by atoms with Gasteiger partial charge < -0.3 is 14.2 Å². The van der Waals surface area contributed by atoms with Crippen LogP contribution in [-0.4, -0.2) is 37.2 Å². The quantitative estimate of drug-likeness (QED) is 0.0273. The highest BCUT2D eigenvalue weighted by molar-refractivity contribution is 5.71. The summed E-state index contributed by atoms with van der Waals surface area (Å²) in [4.78, 5) is 37.5. The summed E-state index contributed by atoms with van der Waals surface area (Å²) in [5, 5.41) is 0. The van der Waals surface area contributed by atoms with E-state index in [1.54, 1.807) is 0 Å². The van der Waals surface area contributed by atoms with E-state index in [2.05, 4.69) is 32.9 Å². The molecule has 0 bridgehead atoms. The lowest BCUT2D eigenvalue weighted by molar-refractivity contribution is -0.167. The number of hydrogen-bond acceptors (Lipinski definition) is 6. The van der Waals surface area contributed by atoms with Crippen molar-refractivity contribution < 1.29 is 28.6 Å². The fourth-order valence-corrected chi connectivity index (χ4v) is 5.65. The maximum Gasteiger partial charge on any atom is 0.306 e. The van der Waals surface area contributed by atoms with Crippen LogP contribution in [-0.2, 0) is 28.6 Å². The predicted molar refractivity (Wildman–Crippen MR) is 224 cm³/mol. The lowest BCUT2D eigenvalue weighted by atomic mass is 10.1. The first-order valence-electron chi connectivity index (χ1n) is 21.5. The molecular formula is C47H78O6. The molecular weight excluding hydrogens is 661 g/mol. The normalized spacial score (nSPS) is 12.7. The highest BCUT2D eigenvalue weighted by Crippen LogP contribution is 2.13. The van der Waals surface area contributed by atoms with Crippen molar-refractivity contribution in [1.29, 1.82) is 0 Å². The third-order valence-electron chi connectivity index (χ3n) is 8.89. The Labute approximate surface area is 325 Å². The SMILES string of the molecule is CC\C=C/C=C\C=C/C=C\C=C\C=C/CCCCCC(=O)OCC(COC(=O)CCCCCCCCCCC)OC(=O)CCCCCCCCCCC. The van der Waals surface area contributed by atoms with Crippen molar-refractivity contribution in [2.24, 2.45) is 0 Å². The Hall–Kier alpha value is -3.15. The molecule has 0 aromatic heterocycles. The minimum absolute atomic E-state index is 0.0887. The van der Waals surface area contributed by atoms with Crippen LogP contribution in [0.2, 0.25) is 0 Å². The maximum atomic E-state index is 12.6. The molecule has 0 heterocycles. The molecule has 0 fully saturated rings. The van der Waals surface area contributed by atoms with E-state index in [-0.39, 0.29) is 31.1 Å². The van der Waals surface area contributed by atoms with E-state index in [0.29, 0.717) is 19.3 Å². The zero-order valence-corrected chi connectivity index (χ0v) is 34.3.